The van der Waals surface area contributed by atoms with E-state index >= 15 is 0 Å². The van der Waals surface area contributed by atoms with Crippen molar-refractivity contribution in [3.63, 3.8) is 0 Å². The first-order valence-corrected chi connectivity index (χ1v) is 4.49. The predicted octanol–water partition coefficient (Wildman–Crippen LogP) is 0.878. The van der Waals surface area contributed by atoms with E-state index in [2.05, 4.69) is 4.90 Å². The number of ether oxygens (including phenoxy) is 1. The summed E-state index contributed by atoms with van der Waals surface area (Å²) in [6.07, 6.45) is 0. The molecule has 0 atom stereocenters. The summed E-state index contributed by atoms with van der Waals surface area (Å²) in [4.78, 5) is 2.14. The molecule has 1 heterocycles. The van der Waals surface area contributed by atoms with Crippen LogP contribution in [0.3, 0.4) is 0 Å². The van der Waals surface area contributed by atoms with Crippen LogP contribution in [0.25, 0.3) is 0 Å². The Labute approximate surface area is 77.6 Å². The Hall–Kier alpha value is -1.22. The fraction of sp³-hybridized carbons (Fsp3) is 0.400. The van der Waals surface area contributed by atoms with Crippen molar-refractivity contribution in [2.75, 3.05) is 31.2 Å². The Bertz CT molecular complexity index is 288. The fourth-order valence-electron chi connectivity index (χ4n) is 1.58. The minimum absolute atomic E-state index is 0.189. The molecule has 1 aliphatic rings. The summed E-state index contributed by atoms with van der Waals surface area (Å²) in [5.74, 6) is 0.919. The molecule has 0 spiro atoms. The van der Waals surface area contributed by atoms with Crippen LogP contribution in [0, 0.1) is 0 Å². The molecule has 3 nitrogen and oxygen atoms in total. The number of benzene rings is 1. The summed E-state index contributed by atoms with van der Waals surface area (Å²) >= 11 is 0. The molecule has 0 amide bonds. The molecule has 0 aromatic heterocycles. The molecule has 13 heavy (non-hydrogen) atoms. The topological polar surface area (TPSA) is 32.7 Å². The molecular formula is C10H13NO2. The van der Waals surface area contributed by atoms with E-state index in [1.165, 1.54) is 0 Å². The lowest BCUT2D eigenvalue weighted by atomic mass is 10.2. The van der Waals surface area contributed by atoms with Gasteiger partial charge in [0.25, 0.3) is 0 Å². The highest BCUT2D eigenvalue weighted by atomic mass is 16.5. The fourth-order valence-corrected chi connectivity index (χ4v) is 1.58. The van der Waals surface area contributed by atoms with E-state index in [4.69, 9.17) is 9.84 Å². The van der Waals surface area contributed by atoms with Crippen molar-refractivity contribution in [3.8, 4) is 5.75 Å². The molecule has 0 saturated carbocycles. The van der Waals surface area contributed by atoms with E-state index in [9.17, 15) is 0 Å². The zero-order valence-electron chi connectivity index (χ0n) is 7.44. The number of fused-ring (bicyclic) bond motifs is 1. The average molecular weight is 179 g/mol. The summed E-state index contributed by atoms with van der Waals surface area (Å²) in [7, 11) is 0. The Morgan fingerprint density at radius 1 is 1.38 bits per heavy atom. The Morgan fingerprint density at radius 3 is 3.08 bits per heavy atom. The number of β-amino-alcohol motifs (C(OH)–C–C–N with tert-alkyl or cyclic N) is 1. The minimum Gasteiger partial charge on any atom is -0.490 e. The second kappa shape index (κ2) is 3.66. The van der Waals surface area contributed by atoms with Gasteiger partial charge in [0.1, 0.15) is 12.4 Å². The van der Waals surface area contributed by atoms with Crippen LogP contribution in [0.5, 0.6) is 5.75 Å². The third kappa shape index (κ3) is 1.60. The second-order valence-corrected chi connectivity index (χ2v) is 3.03. The molecule has 1 N–H and O–H groups in total. The van der Waals surface area contributed by atoms with Crippen LogP contribution in [0.15, 0.2) is 24.3 Å². The Kier molecular flexibility index (Phi) is 2.36. The van der Waals surface area contributed by atoms with Crippen molar-refractivity contribution in [3.05, 3.63) is 24.3 Å². The lowest BCUT2D eigenvalue weighted by Gasteiger charge is -2.30. The molecule has 1 aromatic carbocycles. The quantitative estimate of drug-likeness (QED) is 0.731. The largest absolute Gasteiger partial charge is 0.490 e. The van der Waals surface area contributed by atoms with Gasteiger partial charge in [-0.25, -0.2) is 0 Å². The van der Waals surface area contributed by atoms with Gasteiger partial charge in [0.2, 0.25) is 0 Å². The number of hydrogen-bond donors (Lipinski definition) is 1. The van der Waals surface area contributed by atoms with Crippen LogP contribution in [-0.2, 0) is 0 Å². The third-order valence-corrected chi connectivity index (χ3v) is 2.19. The zero-order valence-corrected chi connectivity index (χ0v) is 7.44. The van der Waals surface area contributed by atoms with Crippen LogP contribution in [0.2, 0.25) is 0 Å². The van der Waals surface area contributed by atoms with Gasteiger partial charge in [-0.05, 0) is 12.1 Å². The number of anilines is 1. The summed E-state index contributed by atoms with van der Waals surface area (Å²) < 4.78 is 5.48. The maximum Gasteiger partial charge on any atom is 0.142 e. The van der Waals surface area contributed by atoms with Crippen LogP contribution < -0.4 is 9.64 Å². The minimum atomic E-state index is 0.189. The summed E-state index contributed by atoms with van der Waals surface area (Å²) in [6, 6.07) is 7.92. The van der Waals surface area contributed by atoms with Gasteiger partial charge in [0, 0.05) is 6.54 Å². The van der Waals surface area contributed by atoms with Crippen molar-refractivity contribution in [1.82, 2.24) is 0 Å². The van der Waals surface area contributed by atoms with Crippen LogP contribution in [-0.4, -0.2) is 31.4 Å². The second-order valence-electron chi connectivity index (χ2n) is 3.03. The average Bonchev–Trinajstić information content (AvgIpc) is 2.19. The third-order valence-electron chi connectivity index (χ3n) is 2.19. The number of hydrogen-bond acceptors (Lipinski definition) is 3. The lowest BCUT2D eigenvalue weighted by Crippen LogP contribution is -2.34. The van der Waals surface area contributed by atoms with E-state index in [0.717, 1.165) is 18.0 Å². The summed E-state index contributed by atoms with van der Waals surface area (Å²) in [6.45, 7) is 2.43. The molecule has 0 bridgehead atoms. The van der Waals surface area contributed by atoms with Crippen molar-refractivity contribution >= 4 is 5.69 Å². The first-order chi connectivity index (χ1) is 6.42. The van der Waals surface area contributed by atoms with E-state index in [0.29, 0.717) is 13.2 Å². The van der Waals surface area contributed by atoms with Crippen molar-refractivity contribution < 1.29 is 9.84 Å². The first-order valence-electron chi connectivity index (χ1n) is 4.49. The first kappa shape index (κ1) is 8.38. The SMILES string of the molecule is OCCN1CCOc2ccccc21. The van der Waals surface area contributed by atoms with Crippen molar-refractivity contribution in [1.29, 1.82) is 0 Å². The van der Waals surface area contributed by atoms with Gasteiger partial charge in [-0.3, -0.25) is 0 Å². The molecule has 0 fully saturated rings. The van der Waals surface area contributed by atoms with E-state index in [1.54, 1.807) is 0 Å². The maximum atomic E-state index is 8.86. The molecule has 3 heteroatoms. The normalized spacial score (nSPS) is 15.0. The number of aliphatic hydroxyl groups excluding tert-OH is 1. The molecule has 1 aromatic rings. The van der Waals surface area contributed by atoms with Crippen LogP contribution in [0.1, 0.15) is 0 Å². The zero-order chi connectivity index (χ0) is 9.10. The number of aliphatic hydroxyl groups is 1. The highest BCUT2D eigenvalue weighted by Gasteiger charge is 2.15. The lowest BCUT2D eigenvalue weighted by molar-refractivity contribution is 0.278. The van der Waals surface area contributed by atoms with Gasteiger partial charge >= 0.3 is 0 Å². The summed E-state index contributed by atoms with van der Waals surface area (Å²) in [5, 5.41) is 8.86. The Balaban J connectivity index is 2.26. The van der Waals surface area contributed by atoms with Gasteiger partial charge in [-0.15, -0.1) is 0 Å². The van der Waals surface area contributed by atoms with Gasteiger partial charge in [0.05, 0.1) is 18.8 Å². The highest BCUT2D eigenvalue weighted by molar-refractivity contribution is 5.59. The number of rotatable bonds is 2. The van der Waals surface area contributed by atoms with Gasteiger partial charge in [-0.1, -0.05) is 12.1 Å². The van der Waals surface area contributed by atoms with Gasteiger partial charge in [-0.2, -0.15) is 0 Å². The number of para-hydroxylation sites is 2. The van der Waals surface area contributed by atoms with Crippen molar-refractivity contribution in [2.45, 2.75) is 0 Å². The van der Waals surface area contributed by atoms with Crippen LogP contribution in [0.4, 0.5) is 5.69 Å². The smallest absolute Gasteiger partial charge is 0.142 e. The Morgan fingerprint density at radius 2 is 2.23 bits per heavy atom. The molecule has 0 saturated heterocycles. The maximum absolute atomic E-state index is 8.86. The van der Waals surface area contributed by atoms with Crippen LogP contribution >= 0.6 is 0 Å². The van der Waals surface area contributed by atoms with Gasteiger partial charge in [0.15, 0.2) is 0 Å². The van der Waals surface area contributed by atoms with E-state index < -0.39 is 0 Å². The van der Waals surface area contributed by atoms with E-state index in [-0.39, 0.29) is 6.61 Å². The number of nitrogens with zero attached hydrogens (tertiary/aromatic N) is 1. The van der Waals surface area contributed by atoms with Crippen molar-refractivity contribution in [2.24, 2.45) is 0 Å². The standard InChI is InChI=1S/C10H13NO2/c12-7-5-11-6-8-13-10-4-2-1-3-9(10)11/h1-4,12H,5-8H2. The molecule has 70 valence electrons. The molecule has 2 rings (SSSR count). The van der Waals surface area contributed by atoms with Gasteiger partial charge < -0.3 is 14.7 Å². The molecule has 1 aliphatic heterocycles. The summed E-state index contributed by atoms with van der Waals surface area (Å²) in [5.41, 5.74) is 1.09. The molecule has 0 radical (unpaired) electrons. The highest BCUT2D eigenvalue weighted by Crippen LogP contribution is 2.30. The predicted molar refractivity (Wildman–Crippen MR) is 51.2 cm³/mol. The monoisotopic (exact) mass is 179 g/mol. The molecule has 0 unspecified atom stereocenters. The molecule has 0 aliphatic carbocycles. The molecular weight excluding hydrogens is 166 g/mol. The van der Waals surface area contributed by atoms with E-state index in [1.807, 2.05) is 24.3 Å².